The molecule has 9 nitrogen and oxygen atoms in total. The molecule has 0 unspecified atom stereocenters. The van der Waals surface area contributed by atoms with Crippen molar-refractivity contribution in [2.24, 2.45) is 0 Å². The Kier molecular flexibility index (Phi) is 6.38. The number of fused-ring (bicyclic) bond motifs is 1. The van der Waals surface area contributed by atoms with E-state index in [1.807, 2.05) is 36.6 Å². The summed E-state index contributed by atoms with van der Waals surface area (Å²) in [5, 5.41) is 24.4. The highest BCUT2D eigenvalue weighted by Gasteiger charge is 2.17. The monoisotopic (exact) mass is 450 g/mol. The number of imidazole rings is 1. The van der Waals surface area contributed by atoms with Crippen molar-refractivity contribution in [3.63, 3.8) is 0 Å². The molecule has 4 rings (SSSR count). The van der Waals surface area contributed by atoms with Crippen molar-refractivity contribution in [2.75, 3.05) is 17.7 Å². The Morgan fingerprint density at radius 2 is 1.91 bits per heavy atom. The molecule has 34 heavy (non-hydrogen) atoms. The van der Waals surface area contributed by atoms with E-state index in [-0.39, 0.29) is 0 Å². The summed E-state index contributed by atoms with van der Waals surface area (Å²) in [7, 11) is 1.59. The number of aromatic nitrogens is 4. The van der Waals surface area contributed by atoms with Gasteiger partial charge in [-0.25, -0.2) is 4.98 Å². The summed E-state index contributed by atoms with van der Waals surface area (Å²) in [5.41, 5.74) is 5.15. The Bertz CT molecular complexity index is 1460. The van der Waals surface area contributed by atoms with Crippen LogP contribution in [0.25, 0.3) is 17.2 Å². The van der Waals surface area contributed by atoms with Gasteiger partial charge in [0.2, 0.25) is 5.95 Å². The molecule has 2 aromatic heterocycles. The molecule has 4 aromatic rings. The number of allylic oxidation sites excluding steroid dienone is 1. The third-order valence-electron chi connectivity index (χ3n) is 5.21. The Morgan fingerprint density at radius 3 is 2.59 bits per heavy atom. The van der Waals surface area contributed by atoms with Crippen LogP contribution in [-0.4, -0.2) is 26.6 Å². The van der Waals surface area contributed by atoms with Crippen molar-refractivity contribution in [3.8, 4) is 17.9 Å². The lowest BCUT2D eigenvalue weighted by atomic mass is 10.1. The predicted molar refractivity (Wildman–Crippen MR) is 131 cm³/mol. The Labute approximate surface area is 197 Å². The maximum Gasteiger partial charge on any atom is 0.231 e. The molecule has 9 heteroatoms. The van der Waals surface area contributed by atoms with E-state index >= 15 is 0 Å². The van der Waals surface area contributed by atoms with Crippen LogP contribution < -0.4 is 15.4 Å². The second-order valence-electron chi connectivity index (χ2n) is 7.42. The zero-order chi connectivity index (χ0) is 24.1. The van der Waals surface area contributed by atoms with Gasteiger partial charge in [0.15, 0.2) is 17.0 Å². The van der Waals surface area contributed by atoms with E-state index in [9.17, 15) is 0 Å². The SMILES string of the molecule is CCn1cnc2c(Nc3c(C)cc(C=CC#N)cc3OC)nc(Nc3ccc(C#N)cc3)nc21. The number of anilines is 4. The van der Waals surface area contributed by atoms with Gasteiger partial charge < -0.3 is 19.9 Å². The standard InChI is InChI=1S/C25H22N8O/c1-4-33-15-28-22-23(30-21-16(2)12-18(6-5-11-26)13-20(21)34-3)31-25(32-24(22)33)29-19-9-7-17(14-27)8-10-19/h5-10,12-13,15H,4H2,1-3H3,(H2,29,30,31,32). The highest BCUT2D eigenvalue weighted by molar-refractivity contribution is 5.88. The third kappa shape index (κ3) is 4.50. The first-order valence-corrected chi connectivity index (χ1v) is 10.6. The molecule has 0 aliphatic rings. The number of hydrogen-bond donors (Lipinski definition) is 2. The second-order valence-corrected chi connectivity index (χ2v) is 7.42. The average molecular weight is 451 g/mol. The van der Waals surface area contributed by atoms with Gasteiger partial charge in [-0.05, 0) is 67.4 Å². The second kappa shape index (κ2) is 9.72. The fourth-order valence-electron chi connectivity index (χ4n) is 3.53. The molecule has 0 radical (unpaired) electrons. The van der Waals surface area contributed by atoms with Crippen molar-refractivity contribution >= 4 is 40.4 Å². The van der Waals surface area contributed by atoms with Gasteiger partial charge in [0, 0.05) is 18.3 Å². The minimum atomic E-state index is 0.389. The highest BCUT2D eigenvalue weighted by atomic mass is 16.5. The number of methoxy groups -OCH3 is 1. The van der Waals surface area contributed by atoms with Crippen molar-refractivity contribution in [2.45, 2.75) is 20.4 Å². The number of aryl methyl sites for hydroxylation is 2. The molecular weight excluding hydrogens is 428 g/mol. The van der Waals surface area contributed by atoms with Gasteiger partial charge in [0.1, 0.15) is 5.75 Å². The summed E-state index contributed by atoms with van der Waals surface area (Å²) in [6.07, 6.45) is 4.88. The smallest absolute Gasteiger partial charge is 0.231 e. The largest absolute Gasteiger partial charge is 0.495 e. The Balaban J connectivity index is 1.77. The molecule has 2 N–H and O–H groups in total. The van der Waals surface area contributed by atoms with E-state index in [0.717, 1.165) is 22.5 Å². The molecule has 0 spiro atoms. The summed E-state index contributed by atoms with van der Waals surface area (Å²) in [6, 6.07) is 15.0. The summed E-state index contributed by atoms with van der Waals surface area (Å²) >= 11 is 0. The first-order valence-electron chi connectivity index (χ1n) is 10.6. The van der Waals surface area contributed by atoms with E-state index in [1.165, 1.54) is 6.08 Å². The van der Waals surface area contributed by atoms with Crippen LogP contribution >= 0.6 is 0 Å². The van der Waals surface area contributed by atoms with Crippen LogP contribution in [0.4, 0.5) is 23.1 Å². The molecule has 0 atom stereocenters. The molecular formula is C25H22N8O. The van der Waals surface area contributed by atoms with Crippen molar-refractivity contribution in [1.29, 1.82) is 10.5 Å². The van der Waals surface area contributed by atoms with Crippen molar-refractivity contribution < 1.29 is 4.74 Å². The topological polar surface area (TPSA) is 124 Å². The maximum atomic E-state index is 9.03. The zero-order valence-electron chi connectivity index (χ0n) is 19.0. The summed E-state index contributed by atoms with van der Waals surface area (Å²) < 4.78 is 7.55. The molecule has 0 saturated heterocycles. The minimum absolute atomic E-state index is 0.389. The lowest BCUT2D eigenvalue weighted by Crippen LogP contribution is -2.05. The summed E-state index contributed by atoms with van der Waals surface area (Å²) in [6.45, 7) is 4.67. The lowest BCUT2D eigenvalue weighted by molar-refractivity contribution is 0.416. The number of nitriles is 2. The number of nitrogens with zero attached hydrogens (tertiary/aromatic N) is 6. The quantitative estimate of drug-likeness (QED) is 0.374. The lowest BCUT2D eigenvalue weighted by Gasteiger charge is -2.16. The Morgan fingerprint density at radius 1 is 1.12 bits per heavy atom. The molecule has 0 bridgehead atoms. The number of nitrogens with one attached hydrogen (secondary N) is 2. The molecule has 0 saturated carbocycles. The summed E-state index contributed by atoms with van der Waals surface area (Å²) in [5.74, 6) is 1.52. The van der Waals surface area contributed by atoms with Crippen molar-refractivity contribution in [1.82, 2.24) is 19.5 Å². The zero-order valence-corrected chi connectivity index (χ0v) is 19.0. The molecule has 168 valence electrons. The third-order valence-corrected chi connectivity index (χ3v) is 5.21. The fourth-order valence-corrected chi connectivity index (χ4v) is 3.53. The number of hydrogen-bond acceptors (Lipinski definition) is 8. The van der Waals surface area contributed by atoms with Gasteiger partial charge in [-0.3, -0.25) is 0 Å². The van der Waals surface area contributed by atoms with E-state index in [0.29, 0.717) is 40.8 Å². The van der Waals surface area contributed by atoms with E-state index in [4.69, 9.17) is 15.3 Å². The molecule has 0 aliphatic carbocycles. The van der Waals surface area contributed by atoms with Gasteiger partial charge in [0.25, 0.3) is 0 Å². The van der Waals surface area contributed by atoms with E-state index < -0.39 is 0 Å². The number of ether oxygens (including phenoxy) is 1. The van der Waals surface area contributed by atoms with Crippen molar-refractivity contribution in [3.05, 3.63) is 65.5 Å². The minimum Gasteiger partial charge on any atom is -0.495 e. The van der Waals surface area contributed by atoms with E-state index in [1.54, 1.807) is 43.8 Å². The number of rotatable bonds is 7. The number of benzene rings is 2. The Hall–Kier alpha value is -4.89. The summed E-state index contributed by atoms with van der Waals surface area (Å²) in [4.78, 5) is 13.9. The van der Waals surface area contributed by atoms with Crippen LogP contribution in [0.5, 0.6) is 5.75 Å². The van der Waals surface area contributed by atoms with Crippen LogP contribution in [0.1, 0.15) is 23.6 Å². The van der Waals surface area contributed by atoms with Gasteiger partial charge in [-0.15, -0.1) is 0 Å². The van der Waals surface area contributed by atoms with Gasteiger partial charge >= 0.3 is 0 Å². The van der Waals surface area contributed by atoms with Crippen LogP contribution in [-0.2, 0) is 6.54 Å². The van der Waals surface area contributed by atoms with Gasteiger partial charge in [-0.2, -0.15) is 20.5 Å². The van der Waals surface area contributed by atoms with E-state index in [2.05, 4.69) is 31.7 Å². The van der Waals surface area contributed by atoms with Gasteiger partial charge in [-0.1, -0.05) is 0 Å². The highest BCUT2D eigenvalue weighted by Crippen LogP contribution is 2.34. The molecule has 2 aromatic carbocycles. The predicted octanol–water partition coefficient (Wildman–Crippen LogP) is 5.06. The van der Waals surface area contributed by atoms with Crippen LogP contribution in [0.3, 0.4) is 0 Å². The molecule has 0 aliphatic heterocycles. The van der Waals surface area contributed by atoms with Crippen LogP contribution in [0, 0.1) is 29.6 Å². The molecule has 2 heterocycles. The normalized spacial score (nSPS) is 10.7. The fraction of sp³-hybridized carbons (Fsp3) is 0.160. The van der Waals surface area contributed by atoms with Gasteiger partial charge in [0.05, 0.1) is 36.8 Å². The van der Waals surface area contributed by atoms with Crippen LogP contribution in [0.2, 0.25) is 0 Å². The first-order chi connectivity index (χ1) is 16.6. The molecule has 0 fully saturated rings. The molecule has 0 amide bonds. The first kappa shape index (κ1) is 22.3. The maximum absolute atomic E-state index is 9.03. The van der Waals surface area contributed by atoms with Crippen LogP contribution in [0.15, 0.2) is 48.8 Å². The average Bonchev–Trinajstić information content (AvgIpc) is 3.27.